The first-order valence-electron chi connectivity index (χ1n) is 14.8. The molecule has 2 N–H and O–H groups in total. The first-order chi connectivity index (χ1) is 18.3. The lowest BCUT2D eigenvalue weighted by molar-refractivity contribution is -0.122. The standard InChI is InChI=1S/C33H50N2O3/c1-6-7-8-9-10-11-12-13-17-23-31(36)35-30(27-19-15-14-16-20-27)24-34-33(37)38-32-28(25(2)3)21-18-22-29(32)26(4)5/h14-16,18-22,25-26,30H,6-13,17,23-24H2,1-5H3,(H,34,37)(H,35,36)/t30-/m0/s1. The van der Waals surface area contributed by atoms with E-state index in [1.807, 2.05) is 48.5 Å². The maximum absolute atomic E-state index is 12.9. The summed E-state index contributed by atoms with van der Waals surface area (Å²) >= 11 is 0. The number of hydrogen-bond acceptors (Lipinski definition) is 3. The van der Waals surface area contributed by atoms with Crippen molar-refractivity contribution in [2.45, 2.75) is 117 Å². The highest BCUT2D eigenvalue weighted by molar-refractivity contribution is 5.76. The second-order valence-corrected chi connectivity index (χ2v) is 11.0. The van der Waals surface area contributed by atoms with Gasteiger partial charge in [-0.25, -0.2) is 4.79 Å². The summed E-state index contributed by atoms with van der Waals surface area (Å²) in [6.07, 6.45) is 11.0. The fraction of sp³-hybridized carbons (Fsp3) is 0.576. The average Bonchev–Trinajstić information content (AvgIpc) is 2.90. The van der Waals surface area contributed by atoms with E-state index in [9.17, 15) is 9.59 Å². The Kier molecular flexibility index (Phi) is 14.6. The van der Waals surface area contributed by atoms with Gasteiger partial charge < -0.3 is 15.4 Å². The summed E-state index contributed by atoms with van der Waals surface area (Å²) in [5, 5.41) is 6.02. The number of carbonyl (C=O) groups excluding carboxylic acids is 2. The molecule has 0 saturated heterocycles. The van der Waals surface area contributed by atoms with Gasteiger partial charge in [-0.05, 0) is 34.9 Å². The Bertz CT molecular complexity index is 930. The third kappa shape index (κ3) is 11.3. The van der Waals surface area contributed by atoms with Gasteiger partial charge in [-0.2, -0.15) is 0 Å². The molecule has 2 rings (SSSR count). The minimum atomic E-state index is -0.505. The number of unbranched alkanes of at least 4 members (excludes halogenated alkanes) is 8. The van der Waals surface area contributed by atoms with Crippen LogP contribution in [-0.2, 0) is 4.79 Å². The largest absolute Gasteiger partial charge is 0.412 e. The fourth-order valence-corrected chi connectivity index (χ4v) is 4.72. The van der Waals surface area contributed by atoms with Crippen molar-refractivity contribution >= 4 is 12.0 Å². The molecule has 0 saturated carbocycles. The van der Waals surface area contributed by atoms with E-state index in [1.54, 1.807) is 0 Å². The molecule has 5 heteroatoms. The molecule has 2 aromatic rings. The second kappa shape index (κ2) is 17.6. The molecular weight excluding hydrogens is 472 g/mol. The molecule has 2 aromatic carbocycles. The Balaban J connectivity index is 1.90. The van der Waals surface area contributed by atoms with Crippen molar-refractivity contribution in [3.63, 3.8) is 0 Å². The van der Waals surface area contributed by atoms with Crippen molar-refractivity contribution in [2.24, 2.45) is 0 Å². The summed E-state index contributed by atoms with van der Waals surface area (Å²) < 4.78 is 5.86. The van der Waals surface area contributed by atoms with Gasteiger partial charge in [-0.3, -0.25) is 4.79 Å². The Morgan fingerprint density at radius 3 is 1.84 bits per heavy atom. The van der Waals surface area contributed by atoms with Crippen LogP contribution in [-0.4, -0.2) is 18.5 Å². The first-order valence-corrected chi connectivity index (χ1v) is 14.8. The number of ether oxygens (including phenoxy) is 1. The maximum Gasteiger partial charge on any atom is 0.412 e. The highest BCUT2D eigenvalue weighted by Gasteiger charge is 2.20. The van der Waals surface area contributed by atoms with Crippen LogP contribution >= 0.6 is 0 Å². The number of rotatable bonds is 17. The quantitative estimate of drug-likeness (QED) is 0.204. The molecule has 210 valence electrons. The van der Waals surface area contributed by atoms with Gasteiger partial charge in [-0.15, -0.1) is 0 Å². The van der Waals surface area contributed by atoms with Gasteiger partial charge in [0.25, 0.3) is 0 Å². The van der Waals surface area contributed by atoms with Gasteiger partial charge in [0.05, 0.1) is 6.04 Å². The molecule has 0 aromatic heterocycles. The van der Waals surface area contributed by atoms with E-state index in [1.165, 1.54) is 44.9 Å². The predicted octanol–water partition coefficient (Wildman–Crippen LogP) is 8.80. The normalized spacial score (nSPS) is 12.0. The fourth-order valence-electron chi connectivity index (χ4n) is 4.72. The van der Waals surface area contributed by atoms with E-state index in [4.69, 9.17) is 4.74 Å². The molecule has 0 aliphatic heterocycles. The van der Waals surface area contributed by atoms with Crippen LogP contribution in [0.1, 0.15) is 133 Å². The number of hydrogen-bond donors (Lipinski definition) is 2. The summed E-state index contributed by atoms with van der Waals surface area (Å²) in [4.78, 5) is 25.6. The predicted molar refractivity (Wildman–Crippen MR) is 158 cm³/mol. The molecule has 0 bridgehead atoms. The third-order valence-corrected chi connectivity index (χ3v) is 7.01. The lowest BCUT2D eigenvalue weighted by atomic mass is 9.94. The van der Waals surface area contributed by atoms with Crippen molar-refractivity contribution in [1.29, 1.82) is 0 Å². The zero-order valence-corrected chi connectivity index (χ0v) is 24.4. The van der Waals surface area contributed by atoms with Crippen LogP contribution in [0, 0.1) is 0 Å². The summed E-state index contributed by atoms with van der Waals surface area (Å²) in [7, 11) is 0. The van der Waals surface area contributed by atoms with Gasteiger partial charge in [0.15, 0.2) is 0 Å². The Labute approximate surface area is 231 Å². The molecule has 0 heterocycles. The molecule has 0 aliphatic carbocycles. The van der Waals surface area contributed by atoms with Crippen LogP contribution in [0.3, 0.4) is 0 Å². The third-order valence-electron chi connectivity index (χ3n) is 7.01. The Hall–Kier alpha value is -2.82. The van der Waals surface area contributed by atoms with Crippen molar-refractivity contribution in [3.05, 3.63) is 65.2 Å². The van der Waals surface area contributed by atoms with Crippen molar-refractivity contribution in [2.75, 3.05) is 6.54 Å². The molecule has 1 atom stereocenters. The van der Waals surface area contributed by atoms with Crippen LogP contribution in [0.25, 0.3) is 0 Å². The van der Waals surface area contributed by atoms with Gasteiger partial charge in [0.1, 0.15) is 5.75 Å². The zero-order valence-electron chi connectivity index (χ0n) is 24.4. The maximum atomic E-state index is 12.9. The summed E-state index contributed by atoms with van der Waals surface area (Å²) in [5.41, 5.74) is 2.99. The molecule has 0 unspecified atom stereocenters. The zero-order chi connectivity index (χ0) is 27.8. The Morgan fingerprint density at radius 1 is 0.737 bits per heavy atom. The van der Waals surface area contributed by atoms with Crippen LogP contribution < -0.4 is 15.4 Å². The van der Waals surface area contributed by atoms with Crippen LogP contribution in [0.4, 0.5) is 4.79 Å². The van der Waals surface area contributed by atoms with E-state index < -0.39 is 6.09 Å². The number of amides is 2. The van der Waals surface area contributed by atoms with Crippen LogP contribution in [0.2, 0.25) is 0 Å². The van der Waals surface area contributed by atoms with Crippen LogP contribution in [0.15, 0.2) is 48.5 Å². The highest BCUT2D eigenvalue weighted by Crippen LogP contribution is 2.34. The molecule has 38 heavy (non-hydrogen) atoms. The van der Waals surface area contributed by atoms with Gasteiger partial charge in [0, 0.05) is 13.0 Å². The lowest BCUT2D eigenvalue weighted by Crippen LogP contribution is -2.39. The smallest absolute Gasteiger partial charge is 0.410 e. The number of carbonyl (C=O) groups is 2. The summed E-state index contributed by atoms with van der Waals surface area (Å²) in [6, 6.07) is 15.5. The topological polar surface area (TPSA) is 67.4 Å². The number of benzene rings is 2. The highest BCUT2D eigenvalue weighted by atomic mass is 16.6. The molecular formula is C33H50N2O3. The Morgan fingerprint density at radius 2 is 1.29 bits per heavy atom. The van der Waals surface area contributed by atoms with E-state index in [0.717, 1.165) is 29.5 Å². The molecule has 0 fully saturated rings. The molecule has 0 radical (unpaired) electrons. The molecule has 0 spiro atoms. The SMILES string of the molecule is CCCCCCCCCCCC(=O)N[C@@H](CNC(=O)Oc1c(C(C)C)cccc1C(C)C)c1ccccc1. The monoisotopic (exact) mass is 522 g/mol. The van der Waals surface area contributed by atoms with E-state index in [0.29, 0.717) is 12.2 Å². The van der Waals surface area contributed by atoms with Gasteiger partial charge in [0.2, 0.25) is 5.91 Å². The first kappa shape index (κ1) is 31.4. The van der Waals surface area contributed by atoms with Gasteiger partial charge in [-0.1, -0.05) is 135 Å². The summed E-state index contributed by atoms with van der Waals surface area (Å²) in [5.74, 6) is 1.12. The summed E-state index contributed by atoms with van der Waals surface area (Å²) in [6.45, 7) is 10.9. The number of para-hydroxylation sites is 1. The van der Waals surface area contributed by atoms with Crippen molar-refractivity contribution in [1.82, 2.24) is 10.6 Å². The molecule has 0 aliphatic rings. The molecule has 2 amide bonds. The minimum absolute atomic E-state index is 0.0178. The lowest BCUT2D eigenvalue weighted by Gasteiger charge is -2.22. The average molecular weight is 523 g/mol. The van der Waals surface area contributed by atoms with Gasteiger partial charge >= 0.3 is 6.09 Å². The second-order valence-electron chi connectivity index (χ2n) is 11.0. The van der Waals surface area contributed by atoms with Crippen molar-refractivity contribution in [3.8, 4) is 5.75 Å². The number of nitrogens with one attached hydrogen (secondary N) is 2. The minimum Gasteiger partial charge on any atom is -0.410 e. The van der Waals surface area contributed by atoms with E-state index in [2.05, 4.69) is 45.3 Å². The van der Waals surface area contributed by atoms with E-state index in [-0.39, 0.29) is 30.3 Å². The van der Waals surface area contributed by atoms with E-state index >= 15 is 0 Å². The van der Waals surface area contributed by atoms with Crippen LogP contribution in [0.5, 0.6) is 5.75 Å². The van der Waals surface area contributed by atoms with Crippen molar-refractivity contribution < 1.29 is 14.3 Å². The molecule has 5 nitrogen and oxygen atoms in total.